The van der Waals surface area contributed by atoms with Crippen LogP contribution in [0.1, 0.15) is 0 Å². The van der Waals surface area contributed by atoms with Crippen LogP contribution in [0.4, 0.5) is 10.8 Å². The van der Waals surface area contributed by atoms with Gasteiger partial charge in [0.1, 0.15) is 23.7 Å². The molecule has 0 amide bonds. The van der Waals surface area contributed by atoms with E-state index in [0.29, 0.717) is 0 Å². The van der Waals surface area contributed by atoms with Crippen LogP contribution in [0.25, 0.3) is 11.3 Å². The molecule has 0 radical (unpaired) electrons. The molecule has 1 aromatic heterocycles. The second kappa shape index (κ2) is 9.04. The number of nitrogens with zero attached hydrogens (tertiary/aromatic N) is 1. The lowest BCUT2D eigenvalue weighted by molar-refractivity contribution is -0.657. The van der Waals surface area contributed by atoms with E-state index in [0.717, 1.165) is 39.4 Å². The van der Waals surface area contributed by atoms with E-state index in [-0.39, 0.29) is 17.0 Å². The van der Waals surface area contributed by atoms with Gasteiger partial charge in [-0.05, 0) is 48.5 Å². The monoisotopic (exact) mass is 436 g/mol. The number of aromatic nitrogens is 1. The third-order valence-corrected chi connectivity index (χ3v) is 4.75. The molecule has 6 heteroatoms. The lowest BCUT2D eigenvalue weighted by Gasteiger charge is -2.05. The zero-order chi connectivity index (χ0) is 16.9. The summed E-state index contributed by atoms with van der Waals surface area (Å²) in [5.41, 5.74) is 3.28. The summed E-state index contributed by atoms with van der Waals surface area (Å²) in [7, 11) is 1.67. The van der Waals surface area contributed by atoms with Crippen LogP contribution in [0.5, 0.6) is 5.75 Å². The third kappa shape index (κ3) is 4.63. The number of benzene rings is 2. The Kier molecular flexibility index (Phi) is 7.05. The number of ether oxygens (including phenoxy) is 1. The molecule has 3 aromatic rings. The number of hydrogen-bond acceptors (Lipinski definition) is 3. The maximum atomic E-state index is 5.95. The van der Waals surface area contributed by atoms with Gasteiger partial charge in [-0.25, -0.2) is 9.88 Å². The Morgan fingerprint density at radius 2 is 1.84 bits per heavy atom. The Bertz CT molecular complexity index is 832. The van der Waals surface area contributed by atoms with E-state index in [9.17, 15) is 0 Å². The minimum Gasteiger partial charge on any atom is -1.00 e. The maximum absolute atomic E-state index is 5.95. The second-order valence-electron chi connectivity index (χ2n) is 5.19. The van der Waals surface area contributed by atoms with E-state index in [1.165, 1.54) is 0 Å². The van der Waals surface area contributed by atoms with Crippen molar-refractivity contribution in [1.82, 2.24) is 0 Å². The minimum atomic E-state index is 0. The molecule has 0 aliphatic rings. The Labute approximate surface area is 167 Å². The highest BCUT2D eigenvalue weighted by atomic mass is 79.9. The zero-order valence-corrected chi connectivity index (χ0v) is 16.9. The molecular formula is C19H18BrClN2OS. The Morgan fingerprint density at radius 3 is 2.44 bits per heavy atom. The summed E-state index contributed by atoms with van der Waals surface area (Å²) in [4.78, 5) is 0. The predicted octanol–water partition coefficient (Wildman–Crippen LogP) is 2.30. The first kappa shape index (κ1) is 19.5. The summed E-state index contributed by atoms with van der Waals surface area (Å²) in [6.45, 7) is 4.60. The van der Waals surface area contributed by atoms with Gasteiger partial charge in [0, 0.05) is 16.0 Å². The van der Waals surface area contributed by atoms with Gasteiger partial charge in [0.2, 0.25) is 0 Å². The quantitative estimate of drug-likeness (QED) is 0.473. The molecule has 1 N–H and O–H groups in total. The van der Waals surface area contributed by atoms with Crippen LogP contribution in [0.3, 0.4) is 0 Å². The average Bonchev–Trinajstić information content (AvgIpc) is 3.00. The largest absolute Gasteiger partial charge is 1.00 e. The van der Waals surface area contributed by atoms with Crippen molar-refractivity contribution in [3.8, 4) is 17.0 Å². The highest BCUT2D eigenvalue weighted by molar-refractivity contribution is 7.13. The minimum absolute atomic E-state index is 0. The van der Waals surface area contributed by atoms with Crippen molar-refractivity contribution in [2.75, 3.05) is 12.4 Å². The smallest absolute Gasteiger partial charge is 0.339 e. The number of thiazole rings is 1. The molecule has 0 unspecified atom stereocenters. The van der Waals surface area contributed by atoms with Gasteiger partial charge in [-0.2, -0.15) is 0 Å². The van der Waals surface area contributed by atoms with Crippen molar-refractivity contribution >= 4 is 33.8 Å². The van der Waals surface area contributed by atoms with E-state index < -0.39 is 0 Å². The van der Waals surface area contributed by atoms with Gasteiger partial charge in [0.15, 0.2) is 0 Å². The van der Waals surface area contributed by atoms with Crippen molar-refractivity contribution in [3.05, 3.63) is 71.6 Å². The van der Waals surface area contributed by atoms with Crippen molar-refractivity contribution in [3.63, 3.8) is 0 Å². The number of nitrogens with one attached hydrogen (secondary N) is 1. The van der Waals surface area contributed by atoms with Crippen molar-refractivity contribution in [2.45, 2.75) is 6.54 Å². The highest BCUT2D eigenvalue weighted by Crippen LogP contribution is 2.27. The molecule has 0 aliphatic carbocycles. The molecule has 0 saturated carbocycles. The molecule has 0 aliphatic heterocycles. The van der Waals surface area contributed by atoms with Crippen LogP contribution in [0.2, 0.25) is 5.02 Å². The van der Waals surface area contributed by atoms with E-state index in [1.54, 1.807) is 18.4 Å². The van der Waals surface area contributed by atoms with Crippen LogP contribution in [-0.4, -0.2) is 7.11 Å². The first-order chi connectivity index (χ1) is 11.7. The molecule has 2 aromatic carbocycles. The van der Waals surface area contributed by atoms with Crippen LogP contribution in [0, 0.1) is 0 Å². The van der Waals surface area contributed by atoms with E-state index in [2.05, 4.69) is 34.0 Å². The fraction of sp³-hybridized carbons (Fsp3) is 0.105. The Morgan fingerprint density at radius 1 is 1.16 bits per heavy atom. The Balaban J connectivity index is 0.00000225. The summed E-state index contributed by atoms with van der Waals surface area (Å²) in [5.74, 6) is 0.851. The van der Waals surface area contributed by atoms with Gasteiger partial charge in [-0.1, -0.05) is 35.6 Å². The van der Waals surface area contributed by atoms with Crippen molar-refractivity contribution in [2.24, 2.45) is 0 Å². The lowest BCUT2D eigenvalue weighted by Crippen LogP contribution is -3.00. The standard InChI is InChI=1S/C19H17ClN2OS.BrH/c1-3-12-22-18(14-4-10-17(23-2)11-5-14)13-24-19(22)21-16-8-6-15(20)7-9-16;/h3-11,13H,1,12H2,2H3;1H. The molecule has 0 spiro atoms. The van der Waals surface area contributed by atoms with Crippen LogP contribution < -0.4 is 31.6 Å². The summed E-state index contributed by atoms with van der Waals surface area (Å²) in [6.07, 6.45) is 1.90. The normalized spacial score (nSPS) is 10.0. The molecule has 3 nitrogen and oxygen atoms in total. The molecule has 0 atom stereocenters. The number of rotatable bonds is 6. The van der Waals surface area contributed by atoms with Crippen molar-refractivity contribution < 1.29 is 26.3 Å². The highest BCUT2D eigenvalue weighted by Gasteiger charge is 2.18. The van der Waals surface area contributed by atoms with Gasteiger partial charge in [-0.15, -0.1) is 0 Å². The fourth-order valence-corrected chi connectivity index (χ4v) is 3.49. The van der Waals surface area contributed by atoms with Gasteiger partial charge in [0.25, 0.3) is 0 Å². The zero-order valence-electron chi connectivity index (χ0n) is 13.7. The number of halogens is 2. The van der Waals surface area contributed by atoms with Crippen LogP contribution >= 0.6 is 22.9 Å². The van der Waals surface area contributed by atoms with Crippen LogP contribution in [0.15, 0.2) is 66.6 Å². The van der Waals surface area contributed by atoms with E-state index >= 15 is 0 Å². The van der Waals surface area contributed by atoms with E-state index in [4.69, 9.17) is 16.3 Å². The summed E-state index contributed by atoms with van der Waals surface area (Å²) < 4.78 is 7.44. The van der Waals surface area contributed by atoms with Gasteiger partial charge >= 0.3 is 5.13 Å². The lowest BCUT2D eigenvalue weighted by atomic mass is 10.1. The topological polar surface area (TPSA) is 25.1 Å². The number of hydrogen-bond donors (Lipinski definition) is 1. The summed E-state index contributed by atoms with van der Waals surface area (Å²) in [5, 5.41) is 7.36. The average molecular weight is 438 g/mol. The number of methoxy groups -OCH3 is 1. The van der Waals surface area contributed by atoms with Gasteiger partial charge < -0.3 is 21.7 Å². The molecule has 0 saturated heterocycles. The Hall–Kier alpha value is -1.82. The maximum Gasteiger partial charge on any atom is 0.339 e. The number of allylic oxidation sites excluding steroid dienone is 1. The van der Waals surface area contributed by atoms with Gasteiger partial charge in [0.05, 0.1) is 7.11 Å². The van der Waals surface area contributed by atoms with E-state index in [1.807, 2.05) is 42.5 Å². The first-order valence-electron chi connectivity index (χ1n) is 7.50. The third-order valence-electron chi connectivity index (χ3n) is 3.61. The molecule has 25 heavy (non-hydrogen) atoms. The fourth-order valence-electron chi connectivity index (χ4n) is 2.40. The molecule has 1 heterocycles. The predicted molar refractivity (Wildman–Crippen MR) is 101 cm³/mol. The summed E-state index contributed by atoms with van der Waals surface area (Å²) >= 11 is 7.61. The molecule has 0 fully saturated rings. The SMILES string of the molecule is C=CC[n+]1c(-c2ccc(OC)cc2)csc1Nc1ccc(Cl)cc1.[Br-]. The number of anilines is 2. The summed E-state index contributed by atoms with van der Waals surface area (Å²) in [6, 6.07) is 15.7. The molecule has 3 rings (SSSR count). The second-order valence-corrected chi connectivity index (χ2v) is 6.48. The van der Waals surface area contributed by atoms with Crippen LogP contribution in [-0.2, 0) is 6.54 Å². The molecular weight excluding hydrogens is 420 g/mol. The molecule has 0 bridgehead atoms. The first-order valence-corrected chi connectivity index (χ1v) is 8.76. The molecule has 130 valence electrons. The van der Waals surface area contributed by atoms with Gasteiger partial charge in [-0.3, -0.25) is 0 Å². The van der Waals surface area contributed by atoms with Crippen molar-refractivity contribution in [1.29, 1.82) is 0 Å².